The third-order valence-corrected chi connectivity index (χ3v) is 7.94. The first-order chi connectivity index (χ1) is 15.9. The monoisotopic (exact) mass is 549 g/mol. The van der Waals surface area contributed by atoms with Gasteiger partial charge in [-0.2, -0.15) is 0 Å². The molecule has 1 aliphatic heterocycles. The van der Waals surface area contributed by atoms with Crippen LogP contribution in [0.5, 0.6) is 0 Å². The molecule has 0 radical (unpaired) electrons. The SMILES string of the molecule is Cc1ccc(S(=O)(=O)n2cc(C(F)F)c3c(N4CCN(C(=O)C(Cl)(Cl)Cl)CC4)cccc32)cc1. The van der Waals surface area contributed by atoms with E-state index in [0.29, 0.717) is 18.8 Å². The number of alkyl halides is 5. The zero-order valence-corrected chi connectivity index (χ0v) is 21.0. The molecule has 0 unspecified atom stereocenters. The normalized spacial score (nSPS) is 15.4. The summed E-state index contributed by atoms with van der Waals surface area (Å²) in [6.07, 6.45) is -1.92. The van der Waals surface area contributed by atoms with Crippen molar-refractivity contribution in [1.82, 2.24) is 8.87 Å². The van der Waals surface area contributed by atoms with Gasteiger partial charge in [-0.1, -0.05) is 58.6 Å². The molecule has 0 N–H and O–H groups in total. The van der Waals surface area contributed by atoms with Gasteiger partial charge in [-0.25, -0.2) is 21.2 Å². The predicted molar refractivity (Wildman–Crippen MR) is 130 cm³/mol. The maximum Gasteiger partial charge on any atom is 0.274 e. The molecule has 6 nitrogen and oxygen atoms in total. The van der Waals surface area contributed by atoms with Crippen molar-refractivity contribution in [2.75, 3.05) is 31.1 Å². The minimum atomic E-state index is -4.11. The average Bonchev–Trinajstić information content (AvgIpc) is 3.19. The van der Waals surface area contributed by atoms with E-state index in [9.17, 15) is 22.0 Å². The zero-order chi connectivity index (χ0) is 24.8. The van der Waals surface area contributed by atoms with Gasteiger partial charge in [0.25, 0.3) is 26.1 Å². The van der Waals surface area contributed by atoms with Crippen LogP contribution in [0.25, 0.3) is 10.9 Å². The summed E-state index contributed by atoms with van der Waals surface area (Å²) in [7, 11) is -4.11. The zero-order valence-electron chi connectivity index (χ0n) is 17.9. The van der Waals surface area contributed by atoms with Crippen molar-refractivity contribution in [1.29, 1.82) is 0 Å². The van der Waals surface area contributed by atoms with E-state index < -0.39 is 26.1 Å². The highest BCUT2D eigenvalue weighted by Gasteiger charge is 2.37. The Labute approximate surface area is 210 Å². The Morgan fingerprint density at radius 3 is 2.18 bits per heavy atom. The van der Waals surface area contributed by atoms with Crippen LogP contribution in [-0.4, -0.2) is 53.2 Å². The quantitative estimate of drug-likeness (QED) is 0.422. The molecule has 1 aromatic heterocycles. The fourth-order valence-electron chi connectivity index (χ4n) is 4.05. The van der Waals surface area contributed by atoms with Crippen molar-refractivity contribution in [3.05, 3.63) is 59.8 Å². The average molecular weight is 551 g/mol. The number of piperazine rings is 1. The van der Waals surface area contributed by atoms with Gasteiger partial charge >= 0.3 is 0 Å². The van der Waals surface area contributed by atoms with Crippen LogP contribution in [0.2, 0.25) is 0 Å². The van der Waals surface area contributed by atoms with Crippen molar-refractivity contribution in [2.45, 2.75) is 22.0 Å². The number of rotatable bonds is 4. The number of amides is 1. The van der Waals surface area contributed by atoms with E-state index in [1.54, 1.807) is 24.3 Å². The van der Waals surface area contributed by atoms with Gasteiger partial charge in [0.2, 0.25) is 0 Å². The minimum Gasteiger partial charge on any atom is -0.367 e. The number of carbonyl (C=O) groups is 1. The van der Waals surface area contributed by atoms with E-state index in [2.05, 4.69) is 0 Å². The van der Waals surface area contributed by atoms with Crippen LogP contribution in [0.3, 0.4) is 0 Å². The molecule has 12 heteroatoms. The lowest BCUT2D eigenvalue weighted by Crippen LogP contribution is -2.51. The molecule has 4 rings (SSSR count). The Kier molecular flexibility index (Phi) is 6.76. The molecule has 3 aromatic rings. The second-order valence-electron chi connectivity index (χ2n) is 7.95. The van der Waals surface area contributed by atoms with Gasteiger partial charge in [-0.3, -0.25) is 4.79 Å². The lowest BCUT2D eigenvalue weighted by molar-refractivity contribution is -0.130. The second kappa shape index (κ2) is 9.18. The molecule has 2 heterocycles. The van der Waals surface area contributed by atoms with Gasteiger partial charge in [0.1, 0.15) is 0 Å². The van der Waals surface area contributed by atoms with Crippen LogP contribution in [0, 0.1) is 6.92 Å². The molecule has 0 saturated carbocycles. The number of nitrogens with zero attached hydrogens (tertiary/aromatic N) is 3. The minimum absolute atomic E-state index is 0.0000491. The molecule has 0 atom stereocenters. The van der Waals surface area contributed by atoms with Crippen molar-refractivity contribution < 1.29 is 22.0 Å². The van der Waals surface area contributed by atoms with Crippen LogP contribution >= 0.6 is 34.8 Å². The summed E-state index contributed by atoms with van der Waals surface area (Å²) in [5.41, 5.74) is 1.08. The third kappa shape index (κ3) is 4.58. The first-order valence-electron chi connectivity index (χ1n) is 10.3. The van der Waals surface area contributed by atoms with Gasteiger partial charge < -0.3 is 9.80 Å². The summed E-state index contributed by atoms with van der Waals surface area (Å²) >= 11 is 17.1. The van der Waals surface area contributed by atoms with Gasteiger partial charge in [0.15, 0.2) is 0 Å². The largest absolute Gasteiger partial charge is 0.367 e. The number of fused-ring (bicyclic) bond motifs is 1. The van der Waals surface area contributed by atoms with E-state index in [1.165, 1.54) is 23.1 Å². The van der Waals surface area contributed by atoms with E-state index in [0.717, 1.165) is 15.7 Å². The first kappa shape index (κ1) is 25.0. The molecule has 2 aromatic carbocycles. The van der Waals surface area contributed by atoms with Crippen LogP contribution in [0.4, 0.5) is 14.5 Å². The molecule has 34 heavy (non-hydrogen) atoms. The molecule has 0 bridgehead atoms. The van der Waals surface area contributed by atoms with Gasteiger partial charge in [0.05, 0.1) is 10.4 Å². The molecule has 1 amide bonds. The number of hydrogen-bond acceptors (Lipinski definition) is 4. The fourth-order valence-corrected chi connectivity index (χ4v) is 5.78. The summed E-state index contributed by atoms with van der Waals surface area (Å²) in [6, 6.07) is 11.0. The van der Waals surface area contributed by atoms with Crippen molar-refractivity contribution in [2.24, 2.45) is 0 Å². The van der Waals surface area contributed by atoms with E-state index in [-0.39, 0.29) is 34.5 Å². The first-order valence-corrected chi connectivity index (χ1v) is 12.8. The summed E-state index contributed by atoms with van der Waals surface area (Å²) in [5, 5.41) is 0.148. The van der Waals surface area contributed by atoms with Crippen molar-refractivity contribution >= 4 is 67.3 Å². The van der Waals surface area contributed by atoms with Crippen LogP contribution < -0.4 is 4.90 Å². The van der Waals surface area contributed by atoms with E-state index in [1.807, 2.05) is 11.8 Å². The topological polar surface area (TPSA) is 62.6 Å². The molecular weight excluding hydrogens is 531 g/mol. The molecule has 182 valence electrons. The van der Waals surface area contributed by atoms with E-state index >= 15 is 0 Å². The highest BCUT2D eigenvalue weighted by atomic mass is 35.6. The Bertz CT molecular complexity index is 1330. The van der Waals surface area contributed by atoms with Crippen LogP contribution in [0.15, 0.2) is 53.6 Å². The van der Waals surface area contributed by atoms with Gasteiger partial charge in [-0.05, 0) is 31.2 Å². The molecular formula is C22H20Cl3F2N3O3S. The number of aromatic nitrogens is 1. The molecule has 1 saturated heterocycles. The molecule has 0 spiro atoms. The molecule has 1 aliphatic rings. The highest BCUT2D eigenvalue weighted by Crippen LogP contribution is 2.39. The number of carbonyl (C=O) groups excluding carboxylic acids is 1. The lowest BCUT2D eigenvalue weighted by Gasteiger charge is -2.37. The smallest absolute Gasteiger partial charge is 0.274 e. The summed E-state index contributed by atoms with van der Waals surface area (Å²) in [6.45, 7) is 2.85. The standard InChI is InChI=1S/C22H20Cl3F2N3O3S/c1-14-5-7-15(8-6-14)34(32,33)30-13-16(20(26)27)19-17(3-2-4-18(19)30)28-9-11-29(12-10-28)21(31)22(23,24)25/h2-8,13,20H,9-12H2,1H3. The maximum absolute atomic E-state index is 14.1. The van der Waals surface area contributed by atoms with Gasteiger partial charge in [-0.15, -0.1) is 0 Å². The Hall–Kier alpha value is -2.07. The Morgan fingerprint density at radius 1 is 1.00 bits per heavy atom. The number of hydrogen-bond donors (Lipinski definition) is 0. The van der Waals surface area contributed by atoms with E-state index in [4.69, 9.17) is 34.8 Å². The van der Waals surface area contributed by atoms with Crippen LogP contribution in [-0.2, 0) is 14.8 Å². The van der Waals surface area contributed by atoms with Crippen molar-refractivity contribution in [3.8, 4) is 0 Å². The summed E-state index contributed by atoms with van der Waals surface area (Å²) < 4.78 is 53.6. The molecule has 1 fully saturated rings. The summed E-state index contributed by atoms with van der Waals surface area (Å²) in [4.78, 5) is 15.4. The Balaban J connectivity index is 1.76. The third-order valence-electron chi connectivity index (χ3n) is 5.77. The highest BCUT2D eigenvalue weighted by molar-refractivity contribution is 7.90. The van der Waals surface area contributed by atoms with Crippen molar-refractivity contribution in [3.63, 3.8) is 0 Å². The fraction of sp³-hybridized carbons (Fsp3) is 0.318. The van der Waals surface area contributed by atoms with Crippen LogP contribution in [0.1, 0.15) is 17.6 Å². The number of benzene rings is 2. The number of aryl methyl sites for hydroxylation is 1. The lowest BCUT2D eigenvalue weighted by atomic mass is 10.1. The predicted octanol–water partition coefficient (Wildman–Crippen LogP) is 5.14. The molecule has 0 aliphatic carbocycles. The second-order valence-corrected chi connectivity index (χ2v) is 12.0. The number of halogens is 5. The van der Waals surface area contributed by atoms with Gasteiger partial charge in [0, 0.05) is 49.0 Å². The summed E-state index contributed by atoms with van der Waals surface area (Å²) in [5.74, 6) is -0.654. The maximum atomic E-state index is 14.1. The Morgan fingerprint density at radius 2 is 1.62 bits per heavy atom. The number of anilines is 1.